The van der Waals surface area contributed by atoms with Crippen LogP contribution in [-0.2, 0) is 9.53 Å². The average molecular weight is 269 g/mol. The molecule has 2 rings (SSSR count). The van der Waals surface area contributed by atoms with E-state index in [1.165, 1.54) is 10.9 Å². The summed E-state index contributed by atoms with van der Waals surface area (Å²) in [7, 11) is 0. The van der Waals surface area contributed by atoms with Crippen molar-refractivity contribution in [3.8, 4) is 0 Å². The summed E-state index contributed by atoms with van der Waals surface area (Å²) in [4.78, 5) is 23.9. The lowest BCUT2D eigenvalue weighted by molar-refractivity contribution is -0.142. The lowest BCUT2D eigenvalue weighted by atomic mass is 10.1. The Hall–Kier alpha value is -2.00. The number of carboxylic acids is 1. The Morgan fingerprint density at radius 1 is 1.53 bits per heavy atom. The summed E-state index contributed by atoms with van der Waals surface area (Å²) >= 11 is 0. The molecule has 0 bridgehead atoms. The second-order valence-electron chi connectivity index (χ2n) is 4.18. The molecule has 0 spiro atoms. The van der Waals surface area contributed by atoms with Crippen molar-refractivity contribution in [3.05, 3.63) is 11.9 Å². The van der Waals surface area contributed by atoms with Crippen molar-refractivity contribution in [3.63, 3.8) is 0 Å². The van der Waals surface area contributed by atoms with Gasteiger partial charge >= 0.3 is 5.97 Å². The summed E-state index contributed by atoms with van der Waals surface area (Å²) in [5.41, 5.74) is 5.14. The molecule has 9 nitrogen and oxygen atoms in total. The number of carbonyl (C=O) groups is 2. The molecular weight excluding hydrogens is 254 g/mol. The molecule has 19 heavy (non-hydrogen) atoms. The number of hydrogen-bond acceptors (Lipinski definition) is 6. The van der Waals surface area contributed by atoms with Crippen molar-refractivity contribution in [2.45, 2.75) is 6.04 Å². The number of ether oxygens (including phenoxy) is 1. The van der Waals surface area contributed by atoms with Crippen LogP contribution >= 0.6 is 0 Å². The van der Waals surface area contributed by atoms with E-state index in [4.69, 9.17) is 15.6 Å². The first-order valence-corrected chi connectivity index (χ1v) is 5.82. The van der Waals surface area contributed by atoms with E-state index in [2.05, 4.69) is 10.3 Å². The smallest absolute Gasteiger partial charge is 0.358 e. The van der Waals surface area contributed by atoms with Crippen LogP contribution in [0.1, 0.15) is 16.5 Å². The SMILES string of the molecule is NCCOCC(=O)N1CC(n2cc(C(=O)O)nn2)C1. The zero-order valence-corrected chi connectivity index (χ0v) is 10.2. The van der Waals surface area contributed by atoms with Crippen molar-refractivity contribution < 1.29 is 19.4 Å². The maximum Gasteiger partial charge on any atom is 0.358 e. The van der Waals surface area contributed by atoms with Crippen LogP contribution in [0.25, 0.3) is 0 Å². The molecule has 1 aliphatic heterocycles. The Labute approximate surface area is 108 Å². The van der Waals surface area contributed by atoms with E-state index in [1.54, 1.807) is 4.90 Å². The fraction of sp³-hybridized carbons (Fsp3) is 0.600. The number of nitrogens with two attached hydrogens (primary N) is 1. The predicted octanol–water partition coefficient (Wildman–Crippen LogP) is -1.67. The molecule has 0 unspecified atom stereocenters. The lowest BCUT2D eigenvalue weighted by Crippen LogP contribution is -2.52. The maximum atomic E-state index is 11.6. The van der Waals surface area contributed by atoms with Crippen LogP contribution in [0, 0.1) is 0 Å². The summed E-state index contributed by atoms with van der Waals surface area (Å²) in [5, 5.41) is 16.0. The van der Waals surface area contributed by atoms with Gasteiger partial charge in [0.15, 0.2) is 5.69 Å². The van der Waals surface area contributed by atoms with E-state index >= 15 is 0 Å². The molecule has 0 radical (unpaired) electrons. The third-order valence-electron chi connectivity index (χ3n) is 2.81. The topological polar surface area (TPSA) is 124 Å². The van der Waals surface area contributed by atoms with E-state index in [9.17, 15) is 9.59 Å². The zero-order chi connectivity index (χ0) is 13.8. The van der Waals surface area contributed by atoms with Gasteiger partial charge in [0, 0.05) is 19.6 Å². The van der Waals surface area contributed by atoms with Gasteiger partial charge in [0.25, 0.3) is 0 Å². The molecule has 0 aromatic carbocycles. The molecule has 1 aromatic heterocycles. The van der Waals surface area contributed by atoms with Gasteiger partial charge in [-0.2, -0.15) is 0 Å². The first kappa shape index (κ1) is 13.4. The molecule has 9 heteroatoms. The lowest BCUT2D eigenvalue weighted by Gasteiger charge is -2.38. The minimum absolute atomic E-state index is 0.0155. The summed E-state index contributed by atoms with van der Waals surface area (Å²) in [6.45, 7) is 1.71. The van der Waals surface area contributed by atoms with Gasteiger partial charge in [-0.1, -0.05) is 5.21 Å². The van der Waals surface area contributed by atoms with Gasteiger partial charge in [0.05, 0.1) is 18.8 Å². The predicted molar refractivity (Wildman–Crippen MR) is 62.5 cm³/mol. The number of hydrogen-bond donors (Lipinski definition) is 2. The molecule has 104 valence electrons. The molecule has 1 aromatic rings. The van der Waals surface area contributed by atoms with Gasteiger partial charge in [-0.15, -0.1) is 5.10 Å². The molecule has 1 aliphatic rings. The second kappa shape index (κ2) is 5.76. The molecular formula is C10H15N5O4. The number of carbonyl (C=O) groups excluding carboxylic acids is 1. The van der Waals surface area contributed by atoms with Crippen LogP contribution in [0.5, 0.6) is 0 Å². The minimum atomic E-state index is -1.12. The van der Waals surface area contributed by atoms with Crippen LogP contribution in [0.3, 0.4) is 0 Å². The number of nitrogens with zero attached hydrogens (tertiary/aromatic N) is 4. The molecule has 1 fully saturated rings. The molecule has 3 N–H and O–H groups in total. The van der Waals surface area contributed by atoms with E-state index in [0.717, 1.165) is 0 Å². The van der Waals surface area contributed by atoms with Gasteiger partial charge < -0.3 is 20.5 Å². The standard InChI is InChI=1S/C10H15N5O4/c11-1-2-19-6-9(16)14-3-7(4-14)15-5-8(10(17)18)12-13-15/h5,7H,1-4,6,11H2,(H,17,18). The Balaban J connectivity index is 1.78. The summed E-state index contributed by atoms with van der Waals surface area (Å²) < 4.78 is 6.52. The highest BCUT2D eigenvalue weighted by molar-refractivity contribution is 5.84. The average Bonchev–Trinajstić information content (AvgIpc) is 2.77. The number of aromatic carboxylic acids is 1. The highest BCUT2D eigenvalue weighted by atomic mass is 16.5. The van der Waals surface area contributed by atoms with Gasteiger partial charge in [-0.25, -0.2) is 9.48 Å². The van der Waals surface area contributed by atoms with Gasteiger partial charge in [-0.05, 0) is 0 Å². The van der Waals surface area contributed by atoms with E-state index < -0.39 is 5.97 Å². The Morgan fingerprint density at radius 3 is 2.84 bits per heavy atom. The summed E-state index contributed by atoms with van der Waals surface area (Å²) in [6.07, 6.45) is 1.36. The van der Waals surface area contributed by atoms with Crippen LogP contribution in [0.4, 0.5) is 0 Å². The number of likely N-dealkylation sites (tertiary alicyclic amines) is 1. The monoisotopic (exact) mass is 269 g/mol. The third-order valence-corrected chi connectivity index (χ3v) is 2.81. The number of amides is 1. The Kier molecular flexibility index (Phi) is 4.07. The molecule has 1 amide bonds. The maximum absolute atomic E-state index is 11.6. The van der Waals surface area contributed by atoms with Crippen molar-refractivity contribution in [2.24, 2.45) is 5.73 Å². The van der Waals surface area contributed by atoms with E-state index in [-0.39, 0.29) is 24.2 Å². The second-order valence-corrected chi connectivity index (χ2v) is 4.18. The quantitative estimate of drug-likeness (QED) is 0.592. The Morgan fingerprint density at radius 2 is 2.26 bits per heavy atom. The third kappa shape index (κ3) is 3.06. The molecule has 1 saturated heterocycles. The number of rotatable bonds is 6. The molecule has 0 saturated carbocycles. The number of aromatic nitrogens is 3. The van der Waals surface area contributed by atoms with Crippen LogP contribution in [-0.4, -0.2) is 69.7 Å². The van der Waals surface area contributed by atoms with Crippen molar-refractivity contribution in [1.29, 1.82) is 0 Å². The summed E-state index contributed by atoms with van der Waals surface area (Å²) in [6, 6.07) is -0.0286. The van der Waals surface area contributed by atoms with Gasteiger partial charge in [0.1, 0.15) is 6.61 Å². The van der Waals surface area contributed by atoms with Gasteiger partial charge in [0.2, 0.25) is 5.91 Å². The molecule has 0 aliphatic carbocycles. The van der Waals surface area contributed by atoms with Crippen LogP contribution in [0.15, 0.2) is 6.20 Å². The Bertz CT molecular complexity index is 468. The first-order valence-electron chi connectivity index (χ1n) is 5.82. The van der Waals surface area contributed by atoms with Crippen LogP contribution in [0.2, 0.25) is 0 Å². The highest BCUT2D eigenvalue weighted by Gasteiger charge is 2.32. The van der Waals surface area contributed by atoms with E-state index in [1.807, 2.05) is 0 Å². The highest BCUT2D eigenvalue weighted by Crippen LogP contribution is 2.20. The first-order chi connectivity index (χ1) is 9.11. The largest absolute Gasteiger partial charge is 0.476 e. The zero-order valence-electron chi connectivity index (χ0n) is 10.2. The van der Waals surface area contributed by atoms with Crippen LogP contribution < -0.4 is 5.73 Å². The van der Waals surface area contributed by atoms with Crippen molar-refractivity contribution in [2.75, 3.05) is 32.8 Å². The molecule has 0 atom stereocenters. The normalized spacial score (nSPS) is 15.3. The minimum Gasteiger partial charge on any atom is -0.476 e. The summed E-state index contributed by atoms with van der Waals surface area (Å²) in [5.74, 6) is -1.23. The van der Waals surface area contributed by atoms with E-state index in [0.29, 0.717) is 26.2 Å². The van der Waals surface area contributed by atoms with Crippen molar-refractivity contribution >= 4 is 11.9 Å². The fourth-order valence-corrected chi connectivity index (χ4v) is 1.71. The van der Waals surface area contributed by atoms with Gasteiger partial charge in [-0.3, -0.25) is 4.79 Å². The fourth-order valence-electron chi connectivity index (χ4n) is 1.71. The van der Waals surface area contributed by atoms with Crippen molar-refractivity contribution in [1.82, 2.24) is 19.9 Å². The number of carboxylic acid groups (broad SMARTS) is 1. The molecule has 2 heterocycles.